The zero-order valence-corrected chi connectivity index (χ0v) is 7.90. The average Bonchev–Trinajstić information content (AvgIpc) is 2.08. The van der Waals surface area contributed by atoms with Gasteiger partial charge in [-0.05, 0) is 26.2 Å². The molecule has 0 spiro atoms. The van der Waals surface area contributed by atoms with E-state index < -0.39 is 0 Å². The van der Waals surface area contributed by atoms with Crippen LogP contribution in [0.4, 0.5) is 0 Å². The molecular weight excluding hydrogens is 168 g/mol. The van der Waals surface area contributed by atoms with Gasteiger partial charge in [0.1, 0.15) is 0 Å². The number of carbonyl (C=O) groups excluding carboxylic acids is 1. The normalized spacial score (nSPS) is 33.5. The summed E-state index contributed by atoms with van der Waals surface area (Å²) in [5.74, 6) is -0.145. The molecule has 0 aromatic carbocycles. The lowest BCUT2D eigenvalue weighted by molar-refractivity contribution is -0.148. The molecule has 1 aliphatic heterocycles. The Morgan fingerprint density at radius 3 is 3.08 bits per heavy atom. The minimum Gasteiger partial charge on any atom is -0.463 e. The first-order chi connectivity index (χ1) is 6.18. The Kier molecular flexibility index (Phi) is 3.96. The van der Waals surface area contributed by atoms with Crippen LogP contribution in [-0.2, 0) is 9.53 Å². The van der Waals surface area contributed by atoms with E-state index in [0.717, 1.165) is 6.42 Å². The van der Waals surface area contributed by atoms with E-state index in [1.807, 2.05) is 13.0 Å². The number of esters is 1. The standard InChI is InChI=1S/C10H16O3/c1-8-6-7-9(11)4-2-3-5-10(12)13-8/h2,4,8-9,11H,3,5-7H2,1H3/b4-2+/t8-,9+/m1/s1. The highest BCUT2D eigenvalue weighted by atomic mass is 16.5. The van der Waals surface area contributed by atoms with Crippen molar-refractivity contribution in [3.8, 4) is 0 Å². The Bertz CT molecular complexity index is 198. The Hall–Kier alpha value is -0.830. The fourth-order valence-electron chi connectivity index (χ4n) is 1.30. The van der Waals surface area contributed by atoms with E-state index in [4.69, 9.17) is 4.74 Å². The molecule has 1 aliphatic rings. The topological polar surface area (TPSA) is 46.5 Å². The van der Waals surface area contributed by atoms with Crippen molar-refractivity contribution in [2.75, 3.05) is 0 Å². The predicted octanol–water partition coefficient (Wildman–Crippen LogP) is 1.41. The summed E-state index contributed by atoms with van der Waals surface area (Å²) in [5, 5.41) is 9.39. The van der Waals surface area contributed by atoms with Gasteiger partial charge in [-0.2, -0.15) is 0 Å². The summed E-state index contributed by atoms with van der Waals surface area (Å²) in [5.41, 5.74) is 0. The largest absolute Gasteiger partial charge is 0.463 e. The van der Waals surface area contributed by atoms with Crippen molar-refractivity contribution in [2.45, 2.75) is 44.8 Å². The van der Waals surface area contributed by atoms with Gasteiger partial charge in [0.05, 0.1) is 12.2 Å². The lowest BCUT2D eigenvalue weighted by atomic mass is 10.1. The molecule has 2 atom stereocenters. The Balaban J connectivity index is 2.49. The molecule has 3 nitrogen and oxygen atoms in total. The molecule has 0 aromatic rings. The Labute approximate surface area is 78.4 Å². The van der Waals surface area contributed by atoms with Gasteiger partial charge in [-0.3, -0.25) is 4.79 Å². The van der Waals surface area contributed by atoms with Crippen molar-refractivity contribution in [1.82, 2.24) is 0 Å². The van der Waals surface area contributed by atoms with Crippen LogP contribution in [0.25, 0.3) is 0 Å². The van der Waals surface area contributed by atoms with Gasteiger partial charge in [0, 0.05) is 6.42 Å². The predicted molar refractivity (Wildman–Crippen MR) is 49.2 cm³/mol. The van der Waals surface area contributed by atoms with Crippen molar-refractivity contribution >= 4 is 5.97 Å². The summed E-state index contributed by atoms with van der Waals surface area (Å²) in [4.78, 5) is 11.1. The zero-order valence-electron chi connectivity index (χ0n) is 7.90. The smallest absolute Gasteiger partial charge is 0.306 e. The highest BCUT2D eigenvalue weighted by Gasteiger charge is 2.11. The van der Waals surface area contributed by atoms with E-state index >= 15 is 0 Å². The maximum absolute atomic E-state index is 11.1. The number of rotatable bonds is 0. The summed E-state index contributed by atoms with van der Waals surface area (Å²) < 4.78 is 5.09. The average molecular weight is 184 g/mol. The minimum absolute atomic E-state index is 0.0753. The van der Waals surface area contributed by atoms with Crippen LogP contribution in [-0.4, -0.2) is 23.3 Å². The summed E-state index contributed by atoms with van der Waals surface area (Å²) in [6, 6.07) is 0. The van der Waals surface area contributed by atoms with Crippen LogP contribution in [0.15, 0.2) is 12.2 Å². The summed E-state index contributed by atoms with van der Waals surface area (Å²) in [6.07, 6.45) is 5.57. The molecule has 1 rings (SSSR count). The van der Waals surface area contributed by atoms with E-state index in [9.17, 15) is 9.90 Å². The number of hydrogen-bond donors (Lipinski definition) is 1. The molecular formula is C10H16O3. The van der Waals surface area contributed by atoms with Crippen LogP contribution < -0.4 is 0 Å². The molecule has 0 unspecified atom stereocenters. The quantitative estimate of drug-likeness (QED) is 0.457. The summed E-state index contributed by atoms with van der Waals surface area (Å²) in [6.45, 7) is 1.86. The van der Waals surface area contributed by atoms with Crippen molar-refractivity contribution in [3.63, 3.8) is 0 Å². The number of cyclic esters (lactones) is 1. The van der Waals surface area contributed by atoms with Gasteiger partial charge in [-0.25, -0.2) is 0 Å². The SMILES string of the molecule is C[C@@H]1CC[C@@H](O)/C=C/CCC(=O)O1. The molecule has 74 valence electrons. The first-order valence-corrected chi connectivity index (χ1v) is 4.72. The van der Waals surface area contributed by atoms with Crippen LogP contribution in [0.5, 0.6) is 0 Å². The van der Waals surface area contributed by atoms with E-state index in [0.29, 0.717) is 19.3 Å². The van der Waals surface area contributed by atoms with Gasteiger partial charge >= 0.3 is 5.97 Å². The number of ether oxygens (including phenoxy) is 1. The van der Waals surface area contributed by atoms with Crippen molar-refractivity contribution in [1.29, 1.82) is 0 Å². The molecule has 3 heteroatoms. The second-order valence-corrected chi connectivity index (χ2v) is 3.41. The number of aliphatic hydroxyl groups is 1. The number of aliphatic hydroxyl groups excluding tert-OH is 1. The lowest BCUT2D eigenvalue weighted by Gasteiger charge is -2.15. The molecule has 0 amide bonds. The van der Waals surface area contributed by atoms with Gasteiger partial charge in [-0.15, -0.1) is 0 Å². The van der Waals surface area contributed by atoms with Gasteiger partial charge in [0.25, 0.3) is 0 Å². The molecule has 1 N–H and O–H groups in total. The fourth-order valence-corrected chi connectivity index (χ4v) is 1.30. The molecule has 0 saturated carbocycles. The monoisotopic (exact) mass is 184 g/mol. The molecule has 0 fully saturated rings. The lowest BCUT2D eigenvalue weighted by Crippen LogP contribution is -2.17. The van der Waals surface area contributed by atoms with Crippen LogP contribution in [0, 0.1) is 0 Å². The summed E-state index contributed by atoms with van der Waals surface area (Å²) >= 11 is 0. The van der Waals surface area contributed by atoms with E-state index in [2.05, 4.69) is 0 Å². The van der Waals surface area contributed by atoms with Gasteiger partial charge in [0.2, 0.25) is 0 Å². The third-order valence-corrected chi connectivity index (χ3v) is 2.07. The maximum Gasteiger partial charge on any atom is 0.306 e. The first kappa shape index (κ1) is 10.3. The van der Waals surface area contributed by atoms with E-state index in [-0.39, 0.29) is 18.2 Å². The highest BCUT2D eigenvalue weighted by Crippen LogP contribution is 2.10. The second kappa shape index (κ2) is 5.02. The van der Waals surface area contributed by atoms with Crippen molar-refractivity contribution in [2.24, 2.45) is 0 Å². The number of carbonyl (C=O) groups is 1. The zero-order chi connectivity index (χ0) is 9.68. The van der Waals surface area contributed by atoms with Crippen LogP contribution in [0.3, 0.4) is 0 Å². The van der Waals surface area contributed by atoms with Crippen LogP contribution in [0.1, 0.15) is 32.6 Å². The molecule has 0 bridgehead atoms. The molecule has 0 saturated heterocycles. The Morgan fingerprint density at radius 1 is 1.54 bits per heavy atom. The maximum atomic E-state index is 11.1. The molecule has 0 aliphatic carbocycles. The molecule has 0 radical (unpaired) electrons. The number of allylic oxidation sites excluding steroid dienone is 1. The van der Waals surface area contributed by atoms with E-state index in [1.54, 1.807) is 6.08 Å². The van der Waals surface area contributed by atoms with Crippen LogP contribution >= 0.6 is 0 Å². The second-order valence-electron chi connectivity index (χ2n) is 3.41. The third-order valence-electron chi connectivity index (χ3n) is 2.07. The van der Waals surface area contributed by atoms with Crippen molar-refractivity contribution in [3.05, 3.63) is 12.2 Å². The van der Waals surface area contributed by atoms with Gasteiger partial charge in [0.15, 0.2) is 0 Å². The number of hydrogen-bond acceptors (Lipinski definition) is 3. The Morgan fingerprint density at radius 2 is 2.31 bits per heavy atom. The van der Waals surface area contributed by atoms with Gasteiger partial charge in [-0.1, -0.05) is 12.2 Å². The third kappa shape index (κ3) is 4.08. The summed E-state index contributed by atoms with van der Waals surface area (Å²) in [7, 11) is 0. The highest BCUT2D eigenvalue weighted by molar-refractivity contribution is 5.69. The van der Waals surface area contributed by atoms with Crippen LogP contribution in [0.2, 0.25) is 0 Å². The van der Waals surface area contributed by atoms with Crippen molar-refractivity contribution < 1.29 is 14.6 Å². The molecule has 13 heavy (non-hydrogen) atoms. The minimum atomic E-state index is -0.390. The first-order valence-electron chi connectivity index (χ1n) is 4.72. The van der Waals surface area contributed by atoms with Gasteiger partial charge < -0.3 is 9.84 Å². The molecule has 1 heterocycles. The van der Waals surface area contributed by atoms with E-state index in [1.165, 1.54) is 0 Å². The fraction of sp³-hybridized carbons (Fsp3) is 0.700. The molecule has 0 aromatic heterocycles.